The van der Waals surface area contributed by atoms with Gasteiger partial charge in [0, 0.05) is 12.8 Å². The van der Waals surface area contributed by atoms with E-state index in [9.17, 15) is 0 Å². The zero-order valence-corrected chi connectivity index (χ0v) is 9.86. The SMILES string of the molecule is CC(C)(C)CCOCCn1cc(N)cn1. The van der Waals surface area contributed by atoms with E-state index in [2.05, 4.69) is 25.9 Å². The van der Waals surface area contributed by atoms with E-state index in [1.807, 2.05) is 6.20 Å². The number of nitrogens with two attached hydrogens (primary N) is 1. The first-order valence-electron chi connectivity index (χ1n) is 5.33. The Kier molecular flexibility index (Phi) is 4.15. The van der Waals surface area contributed by atoms with Crippen LogP contribution in [0.3, 0.4) is 0 Å². The molecule has 1 aromatic heterocycles. The van der Waals surface area contributed by atoms with Gasteiger partial charge in [0.2, 0.25) is 0 Å². The van der Waals surface area contributed by atoms with Crippen molar-refractivity contribution in [2.75, 3.05) is 18.9 Å². The maximum Gasteiger partial charge on any atom is 0.0719 e. The Morgan fingerprint density at radius 1 is 1.40 bits per heavy atom. The predicted molar refractivity (Wildman–Crippen MR) is 61.5 cm³/mol. The van der Waals surface area contributed by atoms with Gasteiger partial charge in [0.25, 0.3) is 0 Å². The molecule has 1 rings (SSSR count). The maximum atomic E-state index is 5.54. The summed E-state index contributed by atoms with van der Waals surface area (Å²) in [7, 11) is 0. The summed E-state index contributed by atoms with van der Waals surface area (Å²) >= 11 is 0. The van der Waals surface area contributed by atoms with Gasteiger partial charge >= 0.3 is 0 Å². The van der Waals surface area contributed by atoms with Gasteiger partial charge in [-0.1, -0.05) is 20.8 Å². The lowest BCUT2D eigenvalue weighted by Crippen LogP contribution is -2.12. The molecule has 15 heavy (non-hydrogen) atoms. The van der Waals surface area contributed by atoms with Crippen molar-refractivity contribution in [3.63, 3.8) is 0 Å². The normalized spacial score (nSPS) is 11.9. The smallest absolute Gasteiger partial charge is 0.0719 e. The van der Waals surface area contributed by atoms with Crippen molar-refractivity contribution < 1.29 is 4.74 Å². The van der Waals surface area contributed by atoms with E-state index >= 15 is 0 Å². The molecule has 0 aliphatic heterocycles. The molecule has 1 heterocycles. The highest BCUT2D eigenvalue weighted by atomic mass is 16.5. The summed E-state index contributed by atoms with van der Waals surface area (Å²) in [4.78, 5) is 0. The van der Waals surface area contributed by atoms with E-state index in [0.29, 0.717) is 17.7 Å². The van der Waals surface area contributed by atoms with Crippen LogP contribution in [0, 0.1) is 5.41 Å². The maximum absolute atomic E-state index is 5.54. The van der Waals surface area contributed by atoms with Crippen molar-refractivity contribution >= 4 is 5.69 Å². The van der Waals surface area contributed by atoms with E-state index in [1.54, 1.807) is 10.9 Å². The molecule has 4 heteroatoms. The van der Waals surface area contributed by atoms with E-state index in [-0.39, 0.29) is 0 Å². The summed E-state index contributed by atoms with van der Waals surface area (Å²) < 4.78 is 7.32. The van der Waals surface area contributed by atoms with Crippen LogP contribution in [-0.2, 0) is 11.3 Å². The van der Waals surface area contributed by atoms with Gasteiger partial charge in [0.15, 0.2) is 0 Å². The highest BCUT2D eigenvalue weighted by Gasteiger charge is 2.08. The summed E-state index contributed by atoms with van der Waals surface area (Å²) in [6, 6.07) is 0. The minimum Gasteiger partial charge on any atom is -0.396 e. The molecule has 2 N–H and O–H groups in total. The molecule has 0 saturated carbocycles. The number of nitrogens with zero attached hydrogens (tertiary/aromatic N) is 2. The standard InChI is InChI=1S/C11H21N3O/c1-11(2,3)4-6-15-7-5-14-9-10(12)8-13-14/h8-9H,4-7,12H2,1-3H3. The summed E-state index contributed by atoms with van der Waals surface area (Å²) in [5.74, 6) is 0. The molecular formula is C11H21N3O. The third-order valence-corrected chi connectivity index (χ3v) is 2.11. The molecule has 0 aliphatic carbocycles. The summed E-state index contributed by atoms with van der Waals surface area (Å²) in [6.45, 7) is 8.90. The second-order valence-corrected chi connectivity index (χ2v) is 4.96. The Bertz CT molecular complexity index is 288. The van der Waals surface area contributed by atoms with E-state index in [0.717, 1.165) is 19.6 Å². The Morgan fingerprint density at radius 2 is 2.13 bits per heavy atom. The average molecular weight is 211 g/mol. The Hall–Kier alpha value is -1.03. The van der Waals surface area contributed by atoms with E-state index < -0.39 is 0 Å². The lowest BCUT2D eigenvalue weighted by Gasteiger charge is -2.17. The number of hydrogen-bond donors (Lipinski definition) is 1. The number of nitrogen functional groups attached to an aromatic ring is 1. The second-order valence-electron chi connectivity index (χ2n) is 4.96. The van der Waals surface area contributed by atoms with Crippen LogP contribution in [-0.4, -0.2) is 23.0 Å². The minimum absolute atomic E-state index is 0.343. The lowest BCUT2D eigenvalue weighted by atomic mass is 9.93. The molecule has 0 aromatic carbocycles. The van der Waals surface area contributed by atoms with Crippen LogP contribution < -0.4 is 5.73 Å². The lowest BCUT2D eigenvalue weighted by molar-refractivity contribution is 0.0999. The molecule has 0 amide bonds. The number of rotatable bonds is 5. The fraction of sp³-hybridized carbons (Fsp3) is 0.727. The van der Waals surface area contributed by atoms with Crippen LogP contribution in [0.4, 0.5) is 5.69 Å². The molecule has 0 aliphatic rings. The van der Waals surface area contributed by atoms with Gasteiger partial charge in [-0.25, -0.2) is 0 Å². The molecule has 0 radical (unpaired) electrons. The monoisotopic (exact) mass is 211 g/mol. The van der Waals surface area contributed by atoms with E-state index in [1.165, 1.54) is 0 Å². The van der Waals surface area contributed by atoms with Gasteiger partial charge in [-0.2, -0.15) is 5.10 Å². The topological polar surface area (TPSA) is 53.1 Å². The van der Waals surface area contributed by atoms with Crippen molar-refractivity contribution in [3.05, 3.63) is 12.4 Å². The number of anilines is 1. The third kappa shape index (κ3) is 5.42. The molecular weight excluding hydrogens is 190 g/mol. The van der Waals surface area contributed by atoms with Gasteiger partial charge in [0.1, 0.15) is 0 Å². The highest BCUT2D eigenvalue weighted by Crippen LogP contribution is 2.17. The molecule has 0 spiro atoms. The van der Waals surface area contributed by atoms with Gasteiger partial charge in [-0.05, 0) is 11.8 Å². The zero-order valence-electron chi connectivity index (χ0n) is 9.86. The number of aromatic nitrogens is 2. The van der Waals surface area contributed by atoms with Gasteiger partial charge in [-0.15, -0.1) is 0 Å². The third-order valence-electron chi connectivity index (χ3n) is 2.11. The number of hydrogen-bond acceptors (Lipinski definition) is 3. The molecule has 1 aromatic rings. The van der Waals surface area contributed by atoms with Crippen LogP contribution >= 0.6 is 0 Å². The Balaban J connectivity index is 2.07. The summed E-state index contributed by atoms with van der Waals surface area (Å²) in [6.07, 6.45) is 4.54. The Morgan fingerprint density at radius 3 is 2.67 bits per heavy atom. The fourth-order valence-corrected chi connectivity index (χ4v) is 1.14. The minimum atomic E-state index is 0.343. The first-order chi connectivity index (χ1) is 6.97. The van der Waals surface area contributed by atoms with Crippen molar-refractivity contribution in [2.24, 2.45) is 5.41 Å². The molecule has 0 unspecified atom stereocenters. The Labute approximate surface area is 91.4 Å². The summed E-state index contributed by atoms with van der Waals surface area (Å²) in [5.41, 5.74) is 6.58. The second kappa shape index (κ2) is 5.16. The van der Waals surface area contributed by atoms with Crippen molar-refractivity contribution in [1.29, 1.82) is 0 Å². The average Bonchev–Trinajstić information content (AvgIpc) is 2.49. The molecule has 4 nitrogen and oxygen atoms in total. The van der Waals surface area contributed by atoms with Crippen LogP contribution in [0.5, 0.6) is 0 Å². The van der Waals surface area contributed by atoms with Crippen LogP contribution in [0.25, 0.3) is 0 Å². The first kappa shape index (κ1) is 12.0. The van der Waals surface area contributed by atoms with Gasteiger partial charge in [0.05, 0.1) is 25.0 Å². The zero-order chi connectivity index (χ0) is 11.3. The molecule has 0 saturated heterocycles. The summed E-state index contributed by atoms with van der Waals surface area (Å²) in [5, 5.41) is 4.07. The van der Waals surface area contributed by atoms with Crippen molar-refractivity contribution in [1.82, 2.24) is 9.78 Å². The van der Waals surface area contributed by atoms with Gasteiger partial charge in [-0.3, -0.25) is 4.68 Å². The molecule has 0 fully saturated rings. The quantitative estimate of drug-likeness (QED) is 0.757. The molecule has 0 bridgehead atoms. The van der Waals surface area contributed by atoms with Crippen LogP contribution in [0.15, 0.2) is 12.4 Å². The van der Waals surface area contributed by atoms with Gasteiger partial charge < -0.3 is 10.5 Å². The van der Waals surface area contributed by atoms with E-state index in [4.69, 9.17) is 10.5 Å². The molecule has 0 atom stereocenters. The first-order valence-corrected chi connectivity index (χ1v) is 5.33. The van der Waals surface area contributed by atoms with Crippen molar-refractivity contribution in [2.45, 2.75) is 33.7 Å². The predicted octanol–water partition coefficient (Wildman–Crippen LogP) is 1.92. The number of ether oxygens (including phenoxy) is 1. The van der Waals surface area contributed by atoms with Crippen LogP contribution in [0.1, 0.15) is 27.2 Å². The largest absolute Gasteiger partial charge is 0.396 e. The molecule has 86 valence electrons. The van der Waals surface area contributed by atoms with Crippen LogP contribution in [0.2, 0.25) is 0 Å². The highest BCUT2D eigenvalue weighted by molar-refractivity contribution is 5.30. The van der Waals surface area contributed by atoms with Crippen molar-refractivity contribution in [3.8, 4) is 0 Å². The fourth-order valence-electron chi connectivity index (χ4n) is 1.14.